The summed E-state index contributed by atoms with van der Waals surface area (Å²) >= 11 is 0. The van der Waals surface area contributed by atoms with Gasteiger partial charge in [-0.25, -0.2) is 0 Å². The molecule has 0 aliphatic heterocycles. The summed E-state index contributed by atoms with van der Waals surface area (Å²) < 4.78 is 10.2. The van der Waals surface area contributed by atoms with Crippen LogP contribution in [0, 0.1) is 10.1 Å². The maximum absolute atomic E-state index is 11.9. The normalized spacial score (nSPS) is 10.0. The molecule has 0 aromatic heterocycles. The number of rotatable bonds is 6. The van der Waals surface area contributed by atoms with Crippen molar-refractivity contribution in [3.05, 3.63) is 58.1 Å². The number of phenolic OH excluding ortho intramolecular Hbond substituents is 1. The van der Waals surface area contributed by atoms with E-state index in [-0.39, 0.29) is 29.6 Å². The highest BCUT2D eigenvalue weighted by molar-refractivity contribution is 5.97. The van der Waals surface area contributed by atoms with E-state index in [1.807, 2.05) is 0 Å². The lowest BCUT2D eigenvalue weighted by molar-refractivity contribution is -0.385. The fraction of sp³-hybridized carbons (Fsp3) is 0.133. The first kappa shape index (κ1) is 15.3. The van der Waals surface area contributed by atoms with Crippen LogP contribution in [0.5, 0.6) is 17.2 Å². The average Bonchev–Trinajstić information content (AvgIpc) is 2.53. The first-order valence-electron chi connectivity index (χ1n) is 6.28. The molecular formula is C15H13NO6. The minimum absolute atomic E-state index is 0.0158. The van der Waals surface area contributed by atoms with Crippen LogP contribution in [0.25, 0.3) is 0 Å². The maximum atomic E-state index is 11.9. The number of hydrogen-bond acceptors (Lipinski definition) is 6. The van der Waals surface area contributed by atoms with Gasteiger partial charge in [0.1, 0.15) is 11.5 Å². The highest BCUT2D eigenvalue weighted by Gasteiger charge is 2.18. The molecule has 0 unspecified atom stereocenters. The largest absolute Gasteiger partial charge is 0.508 e. The van der Waals surface area contributed by atoms with Crippen LogP contribution in [0.2, 0.25) is 0 Å². The van der Waals surface area contributed by atoms with Gasteiger partial charge in [-0.1, -0.05) is 0 Å². The Hall–Kier alpha value is -3.09. The number of carbonyl (C=O) groups is 1. The first-order valence-corrected chi connectivity index (χ1v) is 6.28. The number of nitrogens with zero attached hydrogens (tertiary/aromatic N) is 1. The second kappa shape index (κ2) is 6.57. The van der Waals surface area contributed by atoms with Gasteiger partial charge in [0.05, 0.1) is 18.1 Å². The number of aromatic hydroxyl groups is 1. The number of hydrogen-bond donors (Lipinski definition) is 1. The number of carbonyl (C=O) groups excluding carboxylic acids is 1. The van der Waals surface area contributed by atoms with E-state index < -0.39 is 4.92 Å². The zero-order chi connectivity index (χ0) is 16.1. The van der Waals surface area contributed by atoms with Gasteiger partial charge in [0.15, 0.2) is 18.1 Å². The van der Waals surface area contributed by atoms with E-state index in [1.54, 1.807) is 0 Å². The lowest BCUT2D eigenvalue weighted by Gasteiger charge is -2.07. The van der Waals surface area contributed by atoms with Crippen molar-refractivity contribution < 1.29 is 24.3 Å². The molecular weight excluding hydrogens is 290 g/mol. The number of phenols is 1. The van der Waals surface area contributed by atoms with E-state index in [4.69, 9.17) is 14.6 Å². The SMILES string of the molecule is COc1ccc(OCC(=O)c2ccc(O)cc2)c([N+](=O)[O-])c1. The minimum atomic E-state index is -0.608. The highest BCUT2D eigenvalue weighted by Crippen LogP contribution is 2.31. The topological polar surface area (TPSA) is 98.9 Å². The molecule has 0 saturated carbocycles. The Morgan fingerprint density at radius 3 is 2.50 bits per heavy atom. The van der Waals surface area contributed by atoms with Crippen LogP contribution in [0.1, 0.15) is 10.4 Å². The van der Waals surface area contributed by atoms with E-state index in [2.05, 4.69) is 0 Å². The van der Waals surface area contributed by atoms with Gasteiger partial charge in [0.2, 0.25) is 0 Å². The van der Waals surface area contributed by atoms with Crippen molar-refractivity contribution in [2.75, 3.05) is 13.7 Å². The van der Waals surface area contributed by atoms with Crippen LogP contribution in [0.3, 0.4) is 0 Å². The molecule has 2 aromatic carbocycles. The second-order valence-electron chi connectivity index (χ2n) is 4.35. The van der Waals surface area contributed by atoms with Crippen LogP contribution in [0.15, 0.2) is 42.5 Å². The van der Waals surface area contributed by atoms with Crippen molar-refractivity contribution >= 4 is 11.5 Å². The van der Waals surface area contributed by atoms with Crippen molar-refractivity contribution in [3.63, 3.8) is 0 Å². The summed E-state index contributed by atoms with van der Waals surface area (Å²) in [5.41, 5.74) is 0.0619. The first-order chi connectivity index (χ1) is 10.5. The molecule has 7 nitrogen and oxygen atoms in total. The fourth-order valence-corrected chi connectivity index (χ4v) is 1.76. The van der Waals surface area contributed by atoms with Crippen LogP contribution in [-0.4, -0.2) is 29.5 Å². The molecule has 7 heteroatoms. The lowest BCUT2D eigenvalue weighted by Crippen LogP contribution is -2.12. The van der Waals surface area contributed by atoms with E-state index >= 15 is 0 Å². The standard InChI is InChI=1S/C15H13NO6/c1-21-12-6-7-15(13(8-12)16(19)20)22-9-14(18)10-2-4-11(17)5-3-10/h2-8,17H,9H2,1H3. The molecule has 0 bridgehead atoms. The smallest absolute Gasteiger partial charge is 0.314 e. The molecule has 22 heavy (non-hydrogen) atoms. The summed E-state index contributed by atoms with van der Waals surface area (Å²) in [6.07, 6.45) is 0. The number of benzene rings is 2. The molecule has 0 spiro atoms. The zero-order valence-electron chi connectivity index (χ0n) is 11.7. The Morgan fingerprint density at radius 2 is 1.91 bits per heavy atom. The lowest BCUT2D eigenvalue weighted by atomic mass is 10.1. The Kier molecular flexibility index (Phi) is 4.57. The van der Waals surface area contributed by atoms with E-state index in [9.17, 15) is 14.9 Å². The summed E-state index contributed by atoms with van der Waals surface area (Å²) in [4.78, 5) is 22.3. The Morgan fingerprint density at radius 1 is 1.23 bits per heavy atom. The Labute approximate surface area is 125 Å². The van der Waals surface area contributed by atoms with Crippen LogP contribution < -0.4 is 9.47 Å². The van der Waals surface area contributed by atoms with Crippen molar-refractivity contribution in [3.8, 4) is 17.2 Å². The predicted molar refractivity (Wildman–Crippen MR) is 77.6 cm³/mol. The van der Waals surface area contributed by atoms with Gasteiger partial charge in [-0.2, -0.15) is 0 Å². The third-order valence-corrected chi connectivity index (χ3v) is 2.91. The van der Waals surface area contributed by atoms with Crippen LogP contribution >= 0.6 is 0 Å². The molecule has 2 aromatic rings. The van der Waals surface area contributed by atoms with Crippen LogP contribution in [-0.2, 0) is 0 Å². The molecule has 0 aliphatic rings. The van der Waals surface area contributed by atoms with Gasteiger partial charge in [-0.15, -0.1) is 0 Å². The number of Topliss-reactive ketones (excluding diaryl/α,β-unsaturated/α-hetero) is 1. The van der Waals surface area contributed by atoms with Crippen molar-refractivity contribution in [1.29, 1.82) is 0 Å². The highest BCUT2D eigenvalue weighted by atomic mass is 16.6. The van der Waals surface area contributed by atoms with Crippen molar-refractivity contribution in [1.82, 2.24) is 0 Å². The number of nitro benzene ring substituents is 1. The summed E-state index contributed by atoms with van der Waals surface area (Å²) in [5.74, 6) is -0.00443. The molecule has 0 radical (unpaired) electrons. The summed E-state index contributed by atoms with van der Waals surface area (Å²) in [5, 5.41) is 20.2. The van der Waals surface area contributed by atoms with Crippen molar-refractivity contribution in [2.24, 2.45) is 0 Å². The summed E-state index contributed by atoms with van der Waals surface area (Å²) in [6.45, 7) is -0.349. The summed E-state index contributed by atoms with van der Waals surface area (Å²) in [6, 6.07) is 9.76. The molecule has 0 atom stereocenters. The monoisotopic (exact) mass is 303 g/mol. The predicted octanol–water partition coefficient (Wildman–Crippen LogP) is 2.57. The molecule has 1 N–H and O–H groups in total. The average molecular weight is 303 g/mol. The number of ketones is 1. The number of ether oxygens (including phenoxy) is 2. The molecule has 0 aliphatic carbocycles. The second-order valence-corrected chi connectivity index (χ2v) is 4.35. The van der Waals surface area contributed by atoms with E-state index in [0.717, 1.165) is 0 Å². The van der Waals surface area contributed by atoms with Gasteiger partial charge < -0.3 is 14.6 Å². The van der Waals surface area contributed by atoms with Crippen LogP contribution in [0.4, 0.5) is 5.69 Å². The molecule has 114 valence electrons. The Balaban J connectivity index is 2.12. The van der Waals surface area contributed by atoms with Crippen molar-refractivity contribution in [2.45, 2.75) is 0 Å². The fourth-order valence-electron chi connectivity index (χ4n) is 1.76. The molecule has 0 saturated heterocycles. The Bertz CT molecular complexity index is 696. The number of nitro groups is 1. The van der Waals surface area contributed by atoms with Gasteiger partial charge in [-0.3, -0.25) is 14.9 Å². The molecule has 0 heterocycles. The van der Waals surface area contributed by atoms with Gasteiger partial charge >= 0.3 is 5.69 Å². The third kappa shape index (κ3) is 3.51. The van der Waals surface area contributed by atoms with Gasteiger partial charge in [-0.05, 0) is 36.4 Å². The molecule has 2 rings (SSSR count). The zero-order valence-corrected chi connectivity index (χ0v) is 11.7. The number of methoxy groups -OCH3 is 1. The van der Waals surface area contributed by atoms with Gasteiger partial charge in [0.25, 0.3) is 0 Å². The van der Waals surface area contributed by atoms with E-state index in [1.165, 1.54) is 49.6 Å². The summed E-state index contributed by atoms with van der Waals surface area (Å²) in [7, 11) is 1.40. The van der Waals surface area contributed by atoms with E-state index in [0.29, 0.717) is 11.3 Å². The third-order valence-electron chi connectivity index (χ3n) is 2.91. The molecule has 0 fully saturated rings. The minimum Gasteiger partial charge on any atom is -0.508 e. The maximum Gasteiger partial charge on any atom is 0.314 e. The molecule has 0 amide bonds. The quantitative estimate of drug-likeness (QED) is 0.500. The van der Waals surface area contributed by atoms with Gasteiger partial charge in [0, 0.05) is 5.56 Å².